The SMILES string of the molecule is N#Cc1cc2c(N)ncnc2n1COCc1ccccc1. The van der Waals surface area contributed by atoms with Crippen molar-refractivity contribution in [3.05, 3.63) is 54.0 Å². The molecule has 2 heterocycles. The average molecular weight is 279 g/mol. The second-order valence-electron chi connectivity index (χ2n) is 4.53. The first-order chi connectivity index (χ1) is 10.3. The number of aromatic nitrogens is 3. The van der Waals surface area contributed by atoms with Crippen LogP contribution in [0.15, 0.2) is 42.7 Å². The molecule has 0 aliphatic heterocycles. The molecule has 0 saturated carbocycles. The number of nitriles is 1. The van der Waals surface area contributed by atoms with Crippen LogP contribution in [0.1, 0.15) is 11.3 Å². The molecule has 1 aromatic carbocycles. The third kappa shape index (κ3) is 2.55. The second-order valence-corrected chi connectivity index (χ2v) is 4.53. The standard InChI is InChI=1S/C15H13N5O/c16-7-12-6-13-14(17)18-9-19-15(13)20(12)10-21-8-11-4-2-1-3-5-11/h1-6,9H,8,10H2,(H2,17,18,19). The van der Waals surface area contributed by atoms with Gasteiger partial charge in [-0.05, 0) is 11.6 Å². The number of nitrogen functional groups attached to an aromatic ring is 1. The normalized spacial score (nSPS) is 10.6. The fraction of sp³-hybridized carbons (Fsp3) is 0.133. The lowest BCUT2D eigenvalue weighted by Crippen LogP contribution is -2.06. The predicted octanol–water partition coefficient (Wildman–Crippen LogP) is 2.06. The zero-order valence-electron chi connectivity index (χ0n) is 11.2. The number of ether oxygens (including phenoxy) is 1. The van der Waals surface area contributed by atoms with Gasteiger partial charge in [-0.1, -0.05) is 30.3 Å². The molecular weight excluding hydrogens is 266 g/mol. The highest BCUT2D eigenvalue weighted by Gasteiger charge is 2.12. The molecule has 3 rings (SSSR count). The van der Waals surface area contributed by atoms with Crippen molar-refractivity contribution in [1.82, 2.24) is 14.5 Å². The van der Waals surface area contributed by atoms with Crippen LogP contribution in [0.3, 0.4) is 0 Å². The number of anilines is 1. The minimum Gasteiger partial charge on any atom is -0.383 e. The van der Waals surface area contributed by atoms with Gasteiger partial charge in [0, 0.05) is 0 Å². The quantitative estimate of drug-likeness (QED) is 0.789. The van der Waals surface area contributed by atoms with Gasteiger partial charge in [0.15, 0.2) is 0 Å². The number of benzene rings is 1. The van der Waals surface area contributed by atoms with Crippen LogP contribution in [0.4, 0.5) is 5.82 Å². The third-order valence-electron chi connectivity index (χ3n) is 3.17. The van der Waals surface area contributed by atoms with Crippen LogP contribution in [0.5, 0.6) is 0 Å². The minimum absolute atomic E-state index is 0.234. The molecule has 6 heteroatoms. The van der Waals surface area contributed by atoms with E-state index in [9.17, 15) is 5.26 Å². The molecular formula is C15H13N5O. The van der Waals surface area contributed by atoms with Crippen LogP contribution >= 0.6 is 0 Å². The van der Waals surface area contributed by atoms with E-state index in [4.69, 9.17) is 10.5 Å². The maximum atomic E-state index is 9.21. The number of fused-ring (bicyclic) bond motifs is 1. The van der Waals surface area contributed by atoms with Crippen molar-refractivity contribution in [3.8, 4) is 6.07 Å². The summed E-state index contributed by atoms with van der Waals surface area (Å²) in [7, 11) is 0. The summed E-state index contributed by atoms with van der Waals surface area (Å²) in [5.41, 5.74) is 7.92. The summed E-state index contributed by atoms with van der Waals surface area (Å²) < 4.78 is 7.36. The Kier molecular flexibility index (Phi) is 3.50. The van der Waals surface area contributed by atoms with E-state index in [1.165, 1.54) is 6.33 Å². The summed E-state index contributed by atoms with van der Waals surface area (Å²) in [6, 6.07) is 13.6. The Bertz CT molecular complexity index is 804. The highest BCUT2D eigenvalue weighted by molar-refractivity contribution is 5.87. The van der Waals surface area contributed by atoms with Gasteiger partial charge in [-0.25, -0.2) is 9.97 Å². The molecule has 0 fully saturated rings. The largest absolute Gasteiger partial charge is 0.383 e. The maximum Gasteiger partial charge on any atom is 0.148 e. The highest BCUT2D eigenvalue weighted by Crippen LogP contribution is 2.21. The van der Waals surface area contributed by atoms with E-state index >= 15 is 0 Å². The molecule has 0 atom stereocenters. The Morgan fingerprint density at radius 1 is 1.24 bits per heavy atom. The fourth-order valence-electron chi connectivity index (χ4n) is 2.13. The highest BCUT2D eigenvalue weighted by atomic mass is 16.5. The second kappa shape index (κ2) is 5.61. The van der Waals surface area contributed by atoms with Crippen LogP contribution < -0.4 is 5.73 Å². The Labute approximate surface area is 121 Å². The van der Waals surface area contributed by atoms with Crippen molar-refractivity contribution in [3.63, 3.8) is 0 Å². The Balaban J connectivity index is 1.83. The van der Waals surface area contributed by atoms with E-state index in [0.29, 0.717) is 29.2 Å². The summed E-state index contributed by atoms with van der Waals surface area (Å²) >= 11 is 0. The van der Waals surface area contributed by atoms with Gasteiger partial charge < -0.3 is 10.5 Å². The van der Waals surface area contributed by atoms with Crippen molar-refractivity contribution in [1.29, 1.82) is 5.26 Å². The summed E-state index contributed by atoms with van der Waals surface area (Å²) in [6.07, 6.45) is 1.38. The number of rotatable bonds is 4. The predicted molar refractivity (Wildman–Crippen MR) is 77.9 cm³/mol. The monoisotopic (exact) mass is 279 g/mol. The Morgan fingerprint density at radius 3 is 2.81 bits per heavy atom. The lowest BCUT2D eigenvalue weighted by molar-refractivity contribution is 0.0660. The van der Waals surface area contributed by atoms with E-state index in [1.807, 2.05) is 30.3 Å². The smallest absolute Gasteiger partial charge is 0.148 e. The fourth-order valence-corrected chi connectivity index (χ4v) is 2.13. The van der Waals surface area contributed by atoms with Gasteiger partial charge in [-0.2, -0.15) is 5.26 Å². The van der Waals surface area contributed by atoms with E-state index in [2.05, 4.69) is 16.0 Å². The van der Waals surface area contributed by atoms with E-state index in [1.54, 1.807) is 10.6 Å². The summed E-state index contributed by atoms with van der Waals surface area (Å²) in [4.78, 5) is 8.10. The summed E-state index contributed by atoms with van der Waals surface area (Å²) in [5.74, 6) is 0.360. The van der Waals surface area contributed by atoms with Crippen molar-refractivity contribution in [2.24, 2.45) is 0 Å². The first kappa shape index (κ1) is 13.1. The number of hydrogen-bond acceptors (Lipinski definition) is 5. The lowest BCUT2D eigenvalue weighted by Gasteiger charge is -2.08. The number of hydrogen-bond donors (Lipinski definition) is 1. The van der Waals surface area contributed by atoms with Crippen molar-refractivity contribution >= 4 is 16.9 Å². The van der Waals surface area contributed by atoms with Crippen LogP contribution in [0.25, 0.3) is 11.0 Å². The first-order valence-corrected chi connectivity index (χ1v) is 6.41. The van der Waals surface area contributed by atoms with Gasteiger partial charge >= 0.3 is 0 Å². The van der Waals surface area contributed by atoms with Crippen molar-refractivity contribution in [2.45, 2.75) is 13.3 Å². The van der Waals surface area contributed by atoms with E-state index < -0.39 is 0 Å². The molecule has 2 aromatic heterocycles. The summed E-state index contributed by atoms with van der Waals surface area (Å²) in [5, 5.41) is 9.88. The Hall–Kier alpha value is -2.91. The first-order valence-electron chi connectivity index (χ1n) is 6.41. The maximum absolute atomic E-state index is 9.21. The topological polar surface area (TPSA) is 89.8 Å². The summed E-state index contributed by atoms with van der Waals surface area (Å²) in [6.45, 7) is 0.698. The minimum atomic E-state index is 0.234. The molecule has 0 radical (unpaired) electrons. The average Bonchev–Trinajstić information content (AvgIpc) is 2.88. The van der Waals surface area contributed by atoms with Gasteiger partial charge in [0.2, 0.25) is 0 Å². The van der Waals surface area contributed by atoms with Gasteiger partial charge in [0.25, 0.3) is 0 Å². The molecule has 0 saturated heterocycles. The van der Waals surface area contributed by atoms with Crippen molar-refractivity contribution in [2.75, 3.05) is 5.73 Å². The van der Waals surface area contributed by atoms with Gasteiger partial charge in [-0.3, -0.25) is 4.57 Å². The number of nitrogens with zero attached hydrogens (tertiary/aromatic N) is 4. The van der Waals surface area contributed by atoms with E-state index in [0.717, 1.165) is 5.56 Å². The molecule has 21 heavy (non-hydrogen) atoms. The Morgan fingerprint density at radius 2 is 2.05 bits per heavy atom. The van der Waals surface area contributed by atoms with Crippen molar-refractivity contribution < 1.29 is 4.74 Å². The van der Waals surface area contributed by atoms with Gasteiger partial charge in [-0.15, -0.1) is 0 Å². The molecule has 0 aliphatic carbocycles. The lowest BCUT2D eigenvalue weighted by atomic mass is 10.2. The molecule has 0 bridgehead atoms. The molecule has 104 valence electrons. The molecule has 3 aromatic rings. The van der Waals surface area contributed by atoms with Crippen LogP contribution in [-0.4, -0.2) is 14.5 Å². The third-order valence-corrected chi connectivity index (χ3v) is 3.17. The van der Waals surface area contributed by atoms with Crippen LogP contribution in [-0.2, 0) is 18.1 Å². The molecule has 0 aliphatic rings. The molecule has 2 N–H and O–H groups in total. The van der Waals surface area contributed by atoms with Crippen LogP contribution in [0, 0.1) is 11.3 Å². The van der Waals surface area contributed by atoms with Gasteiger partial charge in [0.1, 0.15) is 36.3 Å². The van der Waals surface area contributed by atoms with Gasteiger partial charge in [0.05, 0.1) is 12.0 Å². The number of nitrogens with two attached hydrogens (primary N) is 1. The molecule has 6 nitrogen and oxygen atoms in total. The van der Waals surface area contributed by atoms with E-state index in [-0.39, 0.29) is 6.73 Å². The van der Waals surface area contributed by atoms with Crippen LogP contribution in [0.2, 0.25) is 0 Å². The molecule has 0 amide bonds. The zero-order chi connectivity index (χ0) is 14.7. The zero-order valence-corrected chi connectivity index (χ0v) is 11.2. The molecule has 0 unspecified atom stereocenters. The molecule has 0 spiro atoms.